The van der Waals surface area contributed by atoms with Crippen molar-refractivity contribution in [1.29, 1.82) is 5.26 Å². The highest BCUT2D eigenvalue weighted by Gasteiger charge is 2.43. The summed E-state index contributed by atoms with van der Waals surface area (Å²) in [5.74, 6) is 1.07. The van der Waals surface area contributed by atoms with Gasteiger partial charge in [-0.2, -0.15) is 5.26 Å². The lowest BCUT2D eigenvalue weighted by Gasteiger charge is -2.23. The van der Waals surface area contributed by atoms with Crippen LogP contribution in [-0.2, 0) is 11.3 Å². The molecule has 1 saturated carbocycles. The minimum Gasteiger partial charge on any atom is -0.497 e. The van der Waals surface area contributed by atoms with Gasteiger partial charge in [-0.15, -0.1) is 0 Å². The molecule has 0 aromatic heterocycles. The lowest BCUT2D eigenvalue weighted by Crippen LogP contribution is -3.09. The molecule has 0 heterocycles. The molecule has 1 unspecified atom stereocenters. The Morgan fingerprint density at radius 2 is 2.09 bits per heavy atom. The zero-order valence-electron chi connectivity index (χ0n) is 13.5. The molecule has 22 heavy (non-hydrogen) atoms. The van der Waals surface area contributed by atoms with E-state index in [0.717, 1.165) is 35.6 Å². The number of nitrogens with zero attached hydrogens (tertiary/aromatic N) is 1. The third kappa shape index (κ3) is 4.22. The molecule has 0 aliphatic heterocycles. The van der Waals surface area contributed by atoms with E-state index in [-0.39, 0.29) is 5.91 Å². The molecule has 1 fully saturated rings. The van der Waals surface area contributed by atoms with Crippen LogP contribution in [0.25, 0.3) is 0 Å². The molecular formula is C17H24N3O2+. The molecule has 2 N–H and O–H groups in total. The Labute approximate surface area is 131 Å². The van der Waals surface area contributed by atoms with E-state index < -0.39 is 5.54 Å². The SMILES string of the molecule is COc1ccc(C[NH+](C)CC(=O)N[C@@](C)(C#N)C2CC2)cc1. The van der Waals surface area contributed by atoms with Gasteiger partial charge in [0.05, 0.1) is 20.2 Å². The van der Waals surface area contributed by atoms with Crippen LogP contribution >= 0.6 is 0 Å². The Hall–Kier alpha value is -2.06. The zero-order chi connectivity index (χ0) is 16.2. The predicted octanol–water partition coefficient (Wildman–Crippen LogP) is 0.518. The summed E-state index contributed by atoms with van der Waals surface area (Å²) in [5, 5.41) is 12.2. The van der Waals surface area contributed by atoms with E-state index in [9.17, 15) is 10.1 Å². The maximum atomic E-state index is 12.1. The van der Waals surface area contributed by atoms with Crippen LogP contribution < -0.4 is 15.0 Å². The van der Waals surface area contributed by atoms with Crippen molar-refractivity contribution >= 4 is 5.91 Å². The van der Waals surface area contributed by atoms with Gasteiger partial charge in [-0.1, -0.05) is 0 Å². The molecule has 0 bridgehead atoms. The minimum atomic E-state index is -0.711. The maximum absolute atomic E-state index is 12.1. The molecule has 1 aliphatic carbocycles. The Balaban J connectivity index is 1.84. The smallest absolute Gasteiger partial charge is 0.276 e. The molecule has 0 radical (unpaired) electrons. The monoisotopic (exact) mass is 302 g/mol. The number of hydrogen-bond donors (Lipinski definition) is 2. The number of carbonyl (C=O) groups excluding carboxylic acids is 1. The Morgan fingerprint density at radius 3 is 2.59 bits per heavy atom. The van der Waals surface area contributed by atoms with E-state index in [0.29, 0.717) is 12.5 Å². The van der Waals surface area contributed by atoms with Gasteiger partial charge < -0.3 is 15.0 Å². The van der Waals surface area contributed by atoms with E-state index in [1.165, 1.54) is 0 Å². The van der Waals surface area contributed by atoms with Gasteiger partial charge in [0.25, 0.3) is 5.91 Å². The average Bonchev–Trinajstić information content (AvgIpc) is 3.32. The quantitative estimate of drug-likeness (QED) is 0.771. The first kappa shape index (κ1) is 16.3. The van der Waals surface area contributed by atoms with Gasteiger partial charge in [-0.05, 0) is 49.9 Å². The van der Waals surface area contributed by atoms with Crippen LogP contribution in [0, 0.1) is 17.2 Å². The molecule has 118 valence electrons. The second kappa shape index (κ2) is 6.80. The van der Waals surface area contributed by atoms with E-state index in [2.05, 4.69) is 11.4 Å². The van der Waals surface area contributed by atoms with Crippen molar-refractivity contribution in [2.24, 2.45) is 5.92 Å². The van der Waals surface area contributed by atoms with Crippen molar-refractivity contribution in [3.8, 4) is 11.8 Å². The highest BCUT2D eigenvalue weighted by Crippen LogP contribution is 2.39. The molecular weight excluding hydrogens is 278 g/mol. The number of amides is 1. The number of quaternary nitrogens is 1. The van der Waals surface area contributed by atoms with E-state index in [1.807, 2.05) is 38.2 Å². The van der Waals surface area contributed by atoms with Crippen LogP contribution in [0.15, 0.2) is 24.3 Å². The van der Waals surface area contributed by atoms with Crippen molar-refractivity contribution in [2.75, 3.05) is 20.7 Å². The van der Waals surface area contributed by atoms with Gasteiger partial charge in [0, 0.05) is 5.56 Å². The number of ether oxygens (including phenoxy) is 1. The summed E-state index contributed by atoms with van der Waals surface area (Å²) in [4.78, 5) is 13.2. The normalized spacial score (nSPS) is 17.9. The fourth-order valence-corrected chi connectivity index (χ4v) is 2.64. The Kier molecular flexibility index (Phi) is 5.04. The number of hydrogen-bond acceptors (Lipinski definition) is 3. The first-order valence-electron chi connectivity index (χ1n) is 7.63. The maximum Gasteiger partial charge on any atom is 0.276 e. The fourth-order valence-electron chi connectivity index (χ4n) is 2.64. The number of likely N-dealkylation sites (N-methyl/N-ethyl adjacent to an activating group) is 1. The molecule has 1 aliphatic rings. The number of nitrogens with one attached hydrogen (secondary N) is 2. The van der Waals surface area contributed by atoms with Gasteiger partial charge in [0.2, 0.25) is 0 Å². The lowest BCUT2D eigenvalue weighted by molar-refractivity contribution is -0.885. The highest BCUT2D eigenvalue weighted by molar-refractivity contribution is 5.78. The highest BCUT2D eigenvalue weighted by atomic mass is 16.5. The van der Waals surface area contributed by atoms with Crippen LogP contribution in [0.3, 0.4) is 0 Å². The molecule has 1 amide bonds. The van der Waals surface area contributed by atoms with Gasteiger partial charge in [0.15, 0.2) is 6.54 Å². The molecule has 2 rings (SSSR count). The second-order valence-corrected chi connectivity index (χ2v) is 6.30. The number of nitriles is 1. The molecule has 1 aromatic rings. The first-order valence-corrected chi connectivity index (χ1v) is 7.63. The molecule has 0 spiro atoms. The standard InChI is InChI=1S/C17H23N3O2/c1-17(12-18,14-6-7-14)19-16(21)11-20(2)10-13-4-8-15(22-3)9-5-13/h4-5,8-9,14H,6-7,10-11H2,1-3H3,(H,19,21)/p+1/t17-/m0/s1. The van der Waals surface area contributed by atoms with Gasteiger partial charge in [0.1, 0.15) is 17.8 Å². The van der Waals surface area contributed by atoms with Crippen LogP contribution in [0.5, 0.6) is 5.75 Å². The van der Waals surface area contributed by atoms with Crippen molar-refractivity contribution in [3.05, 3.63) is 29.8 Å². The third-order valence-electron chi connectivity index (χ3n) is 4.15. The summed E-state index contributed by atoms with van der Waals surface area (Å²) >= 11 is 0. The summed E-state index contributed by atoms with van der Waals surface area (Å²) in [7, 11) is 3.62. The fraction of sp³-hybridized carbons (Fsp3) is 0.529. The molecule has 2 atom stereocenters. The van der Waals surface area contributed by atoms with Crippen molar-refractivity contribution in [2.45, 2.75) is 31.8 Å². The Morgan fingerprint density at radius 1 is 1.45 bits per heavy atom. The Bertz CT molecular complexity index is 560. The largest absolute Gasteiger partial charge is 0.497 e. The second-order valence-electron chi connectivity index (χ2n) is 6.30. The van der Waals surface area contributed by atoms with Crippen molar-refractivity contribution in [1.82, 2.24) is 5.32 Å². The third-order valence-corrected chi connectivity index (χ3v) is 4.15. The summed E-state index contributed by atoms with van der Waals surface area (Å²) < 4.78 is 5.13. The summed E-state index contributed by atoms with van der Waals surface area (Å²) in [6.07, 6.45) is 2.05. The van der Waals surface area contributed by atoms with Crippen LogP contribution in [0.2, 0.25) is 0 Å². The number of methoxy groups -OCH3 is 1. The van der Waals surface area contributed by atoms with Gasteiger partial charge in [-0.25, -0.2) is 0 Å². The topological polar surface area (TPSA) is 66.6 Å². The van der Waals surface area contributed by atoms with Gasteiger partial charge in [-0.3, -0.25) is 4.79 Å². The number of rotatable bonds is 7. The van der Waals surface area contributed by atoms with Crippen molar-refractivity contribution < 1.29 is 14.4 Å². The number of benzene rings is 1. The average molecular weight is 302 g/mol. The number of carbonyl (C=O) groups is 1. The summed E-state index contributed by atoms with van der Waals surface area (Å²) in [6.45, 7) is 2.93. The van der Waals surface area contributed by atoms with Gasteiger partial charge >= 0.3 is 0 Å². The lowest BCUT2D eigenvalue weighted by atomic mass is 9.98. The van der Waals surface area contributed by atoms with Crippen molar-refractivity contribution in [3.63, 3.8) is 0 Å². The molecule has 5 nitrogen and oxygen atoms in total. The molecule has 5 heteroatoms. The zero-order valence-corrected chi connectivity index (χ0v) is 13.5. The predicted molar refractivity (Wildman–Crippen MR) is 83.3 cm³/mol. The van der Waals surface area contributed by atoms with E-state index >= 15 is 0 Å². The summed E-state index contributed by atoms with van der Waals surface area (Å²) in [5.41, 5.74) is 0.439. The minimum absolute atomic E-state index is 0.0676. The van der Waals surface area contributed by atoms with E-state index in [4.69, 9.17) is 4.74 Å². The van der Waals surface area contributed by atoms with Crippen LogP contribution in [0.1, 0.15) is 25.3 Å². The summed E-state index contributed by atoms with van der Waals surface area (Å²) in [6, 6.07) is 10.1. The van der Waals surface area contributed by atoms with Crippen LogP contribution in [0.4, 0.5) is 0 Å². The molecule has 1 aromatic carbocycles. The van der Waals surface area contributed by atoms with E-state index in [1.54, 1.807) is 7.11 Å². The molecule has 0 saturated heterocycles. The first-order chi connectivity index (χ1) is 10.5. The van der Waals surface area contributed by atoms with Crippen LogP contribution in [-0.4, -0.2) is 32.1 Å².